The molecule has 1 nitrogen and oxygen atoms in total. The van der Waals surface area contributed by atoms with Crippen LogP contribution in [0.1, 0.15) is 36.4 Å². The van der Waals surface area contributed by atoms with Crippen LogP contribution < -0.4 is 5.73 Å². The van der Waals surface area contributed by atoms with Gasteiger partial charge in [0.2, 0.25) is 0 Å². The lowest BCUT2D eigenvalue weighted by atomic mass is 9.96. The zero-order valence-corrected chi connectivity index (χ0v) is 9.10. The van der Waals surface area contributed by atoms with E-state index in [9.17, 15) is 17.6 Å². The molecule has 5 heteroatoms. The molecule has 0 unspecified atom stereocenters. The van der Waals surface area contributed by atoms with Crippen LogP contribution in [0.4, 0.5) is 17.6 Å². The van der Waals surface area contributed by atoms with Crippen molar-refractivity contribution in [2.24, 2.45) is 11.7 Å². The minimum atomic E-state index is -4.56. The summed E-state index contributed by atoms with van der Waals surface area (Å²) in [6, 6.07) is 2.02. The third-order valence-electron chi connectivity index (χ3n) is 3.00. The van der Waals surface area contributed by atoms with Gasteiger partial charge >= 0.3 is 6.18 Å². The van der Waals surface area contributed by atoms with E-state index in [0.717, 1.165) is 25.0 Å². The van der Waals surface area contributed by atoms with Gasteiger partial charge in [-0.1, -0.05) is 18.9 Å². The Balaban J connectivity index is 2.30. The van der Waals surface area contributed by atoms with Gasteiger partial charge in [0.15, 0.2) is 0 Å². The fourth-order valence-corrected chi connectivity index (χ4v) is 1.94. The first-order valence-electron chi connectivity index (χ1n) is 5.50. The third-order valence-corrected chi connectivity index (χ3v) is 3.00. The normalized spacial score (nSPS) is 18.2. The lowest BCUT2D eigenvalue weighted by Crippen LogP contribution is -2.18. The average molecular weight is 247 g/mol. The minimum Gasteiger partial charge on any atom is -0.324 e. The highest BCUT2D eigenvalue weighted by Gasteiger charge is 2.36. The molecule has 0 bridgehead atoms. The quantitative estimate of drug-likeness (QED) is 0.811. The van der Waals surface area contributed by atoms with Crippen molar-refractivity contribution in [3.05, 3.63) is 35.1 Å². The summed E-state index contributed by atoms with van der Waals surface area (Å²) >= 11 is 0. The highest BCUT2D eigenvalue weighted by atomic mass is 19.4. The van der Waals surface area contributed by atoms with Crippen LogP contribution in [0.5, 0.6) is 0 Å². The van der Waals surface area contributed by atoms with Crippen molar-refractivity contribution in [2.75, 3.05) is 0 Å². The van der Waals surface area contributed by atoms with E-state index in [-0.39, 0.29) is 5.56 Å². The molecule has 1 aromatic rings. The predicted molar refractivity (Wildman–Crippen MR) is 55.7 cm³/mol. The van der Waals surface area contributed by atoms with Crippen LogP contribution in [-0.4, -0.2) is 0 Å². The second-order valence-electron chi connectivity index (χ2n) is 4.51. The SMILES string of the molecule is N[C@@H](CC1CC1)c1ccc(F)cc1C(F)(F)F. The summed E-state index contributed by atoms with van der Waals surface area (Å²) in [4.78, 5) is 0. The molecule has 0 aromatic heterocycles. The van der Waals surface area contributed by atoms with E-state index in [4.69, 9.17) is 5.73 Å². The summed E-state index contributed by atoms with van der Waals surface area (Å²) in [7, 11) is 0. The van der Waals surface area contributed by atoms with Gasteiger partial charge in [-0.15, -0.1) is 0 Å². The summed E-state index contributed by atoms with van der Waals surface area (Å²) in [6.07, 6.45) is -1.97. The van der Waals surface area contributed by atoms with E-state index < -0.39 is 23.6 Å². The summed E-state index contributed by atoms with van der Waals surface area (Å²) in [6.45, 7) is 0. The van der Waals surface area contributed by atoms with Gasteiger partial charge in [0.05, 0.1) is 5.56 Å². The summed E-state index contributed by atoms with van der Waals surface area (Å²) in [5.74, 6) is -0.462. The van der Waals surface area contributed by atoms with Gasteiger partial charge in [0, 0.05) is 6.04 Å². The topological polar surface area (TPSA) is 26.0 Å². The van der Waals surface area contributed by atoms with E-state index in [2.05, 4.69) is 0 Å². The van der Waals surface area contributed by atoms with Crippen molar-refractivity contribution in [3.8, 4) is 0 Å². The van der Waals surface area contributed by atoms with Gasteiger partial charge in [0.1, 0.15) is 5.82 Å². The smallest absolute Gasteiger partial charge is 0.324 e. The molecule has 1 aliphatic carbocycles. The van der Waals surface area contributed by atoms with Gasteiger partial charge in [-0.3, -0.25) is 0 Å². The molecule has 2 rings (SSSR count). The number of hydrogen-bond acceptors (Lipinski definition) is 1. The molecule has 94 valence electrons. The van der Waals surface area contributed by atoms with Gasteiger partial charge in [-0.2, -0.15) is 13.2 Å². The average Bonchev–Trinajstić information content (AvgIpc) is 3.00. The third kappa shape index (κ3) is 2.97. The van der Waals surface area contributed by atoms with E-state index in [1.54, 1.807) is 0 Å². The van der Waals surface area contributed by atoms with Crippen molar-refractivity contribution in [3.63, 3.8) is 0 Å². The van der Waals surface area contributed by atoms with Crippen LogP contribution in [0.15, 0.2) is 18.2 Å². The fraction of sp³-hybridized carbons (Fsp3) is 0.500. The Morgan fingerprint density at radius 1 is 1.29 bits per heavy atom. The maximum Gasteiger partial charge on any atom is 0.416 e. The van der Waals surface area contributed by atoms with Crippen molar-refractivity contribution in [2.45, 2.75) is 31.5 Å². The Hall–Kier alpha value is -1.10. The van der Waals surface area contributed by atoms with Crippen molar-refractivity contribution in [1.29, 1.82) is 0 Å². The molecule has 2 N–H and O–H groups in total. The maximum atomic E-state index is 12.9. The molecule has 0 aliphatic heterocycles. The van der Waals surface area contributed by atoms with Gasteiger partial charge in [-0.25, -0.2) is 4.39 Å². The first-order valence-corrected chi connectivity index (χ1v) is 5.50. The second kappa shape index (κ2) is 4.29. The number of nitrogens with two attached hydrogens (primary N) is 1. The molecule has 1 fully saturated rings. The standard InChI is InChI=1S/C12H13F4N/c13-8-3-4-9(10(6-8)12(14,15)16)11(17)5-7-1-2-7/h3-4,6-7,11H,1-2,5,17H2/t11-/m0/s1. The molecule has 1 aromatic carbocycles. The zero-order valence-electron chi connectivity index (χ0n) is 9.10. The van der Waals surface area contributed by atoms with Crippen LogP contribution in [0.3, 0.4) is 0 Å². The molecule has 0 radical (unpaired) electrons. The number of hydrogen-bond donors (Lipinski definition) is 1. The second-order valence-corrected chi connectivity index (χ2v) is 4.51. The van der Waals surface area contributed by atoms with Crippen molar-refractivity contribution in [1.82, 2.24) is 0 Å². The molecule has 17 heavy (non-hydrogen) atoms. The van der Waals surface area contributed by atoms with Crippen LogP contribution in [0.2, 0.25) is 0 Å². The van der Waals surface area contributed by atoms with E-state index in [0.29, 0.717) is 18.4 Å². The number of halogens is 4. The fourth-order valence-electron chi connectivity index (χ4n) is 1.94. The van der Waals surface area contributed by atoms with Crippen molar-refractivity contribution >= 4 is 0 Å². The Morgan fingerprint density at radius 2 is 1.94 bits per heavy atom. The molecule has 1 aliphatic rings. The first-order chi connectivity index (χ1) is 7.88. The zero-order chi connectivity index (χ0) is 12.6. The highest BCUT2D eigenvalue weighted by Crippen LogP contribution is 2.40. The lowest BCUT2D eigenvalue weighted by Gasteiger charge is -2.18. The highest BCUT2D eigenvalue weighted by molar-refractivity contribution is 5.33. The minimum absolute atomic E-state index is 0.00852. The van der Waals surface area contributed by atoms with Crippen LogP contribution in [-0.2, 0) is 6.18 Å². The maximum absolute atomic E-state index is 12.9. The first kappa shape index (κ1) is 12.4. The molecule has 0 saturated heterocycles. The van der Waals surface area contributed by atoms with Gasteiger partial charge < -0.3 is 5.73 Å². The van der Waals surface area contributed by atoms with Crippen LogP contribution >= 0.6 is 0 Å². The summed E-state index contributed by atoms with van der Waals surface area (Å²) in [5.41, 5.74) is 4.80. The number of rotatable bonds is 3. The van der Waals surface area contributed by atoms with Gasteiger partial charge in [0.25, 0.3) is 0 Å². The van der Waals surface area contributed by atoms with Gasteiger partial charge in [-0.05, 0) is 30.0 Å². The summed E-state index contributed by atoms with van der Waals surface area (Å²) in [5, 5.41) is 0. The van der Waals surface area contributed by atoms with Crippen LogP contribution in [0.25, 0.3) is 0 Å². The van der Waals surface area contributed by atoms with Crippen LogP contribution in [0, 0.1) is 11.7 Å². The largest absolute Gasteiger partial charge is 0.416 e. The Morgan fingerprint density at radius 3 is 2.47 bits per heavy atom. The Labute approximate surface area is 96.6 Å². The van der Waals surface area contributed by atoms with E-state index in [1.165, 1.54) is 0 Å². The Bertz CT molecular complexity index is 409. The van der Waals surface area contributed by atoms with Crippen molar-refractivity contribution < 1.29 is 17.6 Å². The lowest BCUT2D eigenvalue weighted by molar-refractivity contribution is -0.138. The monoisotopic (exact) mass is 247 g/mol. The van der Waals surface area contributed by atoms with E-state index in [1.807, 2.05) is 0 Å². The number of alkyl halides is 3. The molecule has 0 spiro atoms. The predicted octanol–water partition coefficient (Wildman–Crippen LogP) is 3.64. The molecule has 1 saturated carbocycles. The molecular weight excluding hydrogens is 234 g/mol. The summed E-state index contributed by atoms with van der Waals surface area (Å²) < 4.78 is 51.0. The molecule has 0 amide bonds. The molecular formula is C12H13F4N. The van der Waals surface area contributed by atoms with E-state index >= 15 is 0 Å². The number of benzene rings is 1. The molecule has 0 heterocycles. The molecule has 1 atom stereocenters. The Kier molecular flexibility index (Phi) is 3.12.